The molecule has 2 rings (SSSR count). The third-order valence-corrected chi connectivity index (χ3v) is 4.36. The molecule has 1 fully saturated rings. The van der Waals surface area contributed by atoms with E-state index in [1.165, 1.54) is 18.9 Å². The number of methoxy groups -OCH3 is 1. The van der Waals surface area contributed by atoms with Crippen molar-refractivity contribution < 1.29 is 9.53 Å². The number of nitriles is 1. The van der Waals surface area contributed by atoms with Crippen LogP contribution in [0.5, 0.6) is 0 Å². The number of thioether (sulfide) groups is 1. The van der Waals surface area contributed by atoms with Gasteiger partial charge in [0.1, 0.15) is 11.8 Å². The van der Waals surface area contributed by atoms with Crippen molar-refractivity contribution in [2.45, 2.75) is 31.3 Å². The van der Waals surface area contributed by atoms with Crippen LogP contribution in [0.4, 0.5) is 0 Å². The summed E-state index contributed by atoms with van der Waals surface area (Å²) in [6.07, 6.45) is 2.52. The number of carbonyl (C=O) groups is 1. The Morgan fingerprint density at radius 1 is 1.58 bits per heavy atom. The van der Waals surface area contributed by atoms with Crippen LogP contribution in [-0.2, 0) is 9.53 Å². The standard InChI is InChI=1S/C13H15N3O2S/c1-9-5-10(7-14)16-12(15-9)19-8-13(3-4-13)6-11(17)18-2/h5H,3-4,6,8H2,1-2H3. The fourth-order valence-electron chi connectivity index (χ4n) is 1.81. The van der Waals surface area contributed by atoms with Gasteiger partial charge in [0.2, 0.25) is 0 Å². The molecule has 0 amide bonds. The van der Waals surface area contributed by atoms with Gasteiger partial charge >= 0.3 is 5.97 Å². The minimum absolute atomic E-state index is 0.0394. The van der Waals surface area contributed by atoms with Crippen LogP contribution < -0.4 is 0 Å². The number of hydrogen-bond donors (Lipinski definition) is 0. The van der Waals surface area contributed by atoms with Crippen molar-refractivity contribution in [3.05, 3.63) is 17.5 Å². The molecule has 0 atom stereocenters. The average molecular weight is 277 g/mol. The summed E-state index contributed by atoms with van der Waals surface area (Å²) in [6.45, 7) is 1.84. The van der Waals surface area contributed by atoms with E-state index in [1.807, 2.05) is 13.0 Å². The molecular formula is C13H15N3O2S. The summed E-state index contributed by atoms with van der Waals surface area (Å²) >= 11 is 1.50. The van der Waals surface area contributed by atoms with Crippen molar-refractivity contribution in [3.8, 4) is 6.07 Å². The summed E-state index contributed by atoms with van der Waals surface area (Å²) in [5, 5.41) is 9.47. The summed E-state index contributed by atoms with van der Waals surface area (Å²) in [5.41, 5.74) is 1.21. The molecule has 1 saturated carbocycles. The lowest BCUT2D eigenvalue weighted by molar-refractivity contribution is -0.141. The fourth-order valence-corrected chi connectivity index (χ4v) is 3.01. The zero-order chi connectivity index (χ0) is 13.9. The minimum Gasteiger partial charge on any atom is -0.469 e. The van der Waals surface area contributed by atoms with Crippen LogP contribution in [0.1, 0.15) is 30.7 Å². The van der Waals surface area contributed by atoms with Gasteiger partial charge in [0.15, 0.2) is 5.16 Å². The molecule has 19 heavy (non-hydrogen) atoms. The summed E-state index contributed by atoms with van der Waals surface area (Å²) in [7, 11) is 1.41. The predicted octanol–water partition coefficient (Wildman–Crippen LogP) is 2.09. The Morgan fingerprint density at radius 3 is 2.89 bits per heavy atom. The third kappa shape index (κ3) is 3.67. The molecule has 0 N–H and O–H groups in total. The second-order valence-corrected chi connectivity index (χ2v) is 5.77. The lowest BCUT2D eigenvalue weighted by Crippen LogP contribution is -2.13. The molecule has 0 aliphatic heterocycles. The van der Waals surface area contributed by atoms with Gasteiger partial charge in [-0.25, -0.2) is 9.97 Å². The van der Waals surface area contributed by atoms with Crippen molar-refractivity contribution in [1.82, 2.24) is 9.97 Å². The second kappa shape index (κ2) is 5.57. The molecule has 100 valence electrons. The largest absolute Gasteiger partial charge is 0.469 e. The van der Waals surface area contributed by atoms with E-state index in [0.717, 1.165) is 24.3 Å². The number of rotatable bonds is 5. The highest BCUT2D eigenvalue weighted by Gasteiger charge is 2.44. The van der Waals surface area contributed by atoms with Gasteiger partial charge in [-0.05, 0) is 31.2 Å². The number of ether oxygens (including phenoxy) is 1. The van der Waals surface area contributed by atoms with E-state index < -0.39 is 0 Å². The van der Waals surface area contributed by atoms with Crippen LogP contribution >= 0.6 is 11.8 Å². The molecule has 1 aliphatic carbocycles. The average Bonchev–Trinajstić information content (AvgIpc) is 3.16. The Kier molecular flexibility index (Phi) is 4.05. The first-order valence-corrected chi connectivity index (χ1v) is 7.01. The van der Waals surface area contributed by atoms with E-state index in [-0.39, 0.29) is 11.4 Å². The van der Waals surface area contributed by atoms with E-state index in [4.69, 9.17) is 10.00 Å². The SMILES string of the molecule is COC(=O)CC1(CSc2nc(C)cc(C#N)n2)CC1. The van der Waals surface area contributed by atoms with Crippen LogP contribution in [0, 0.1) is 23.7 Å². The normalized spacial score (nSPS) is 15.6. The first-order valence-electron chi connectivity index (χ1n) is 6.02. The van der Waals surface area contributed by atoms with Crippen molar-refractivity contribution in [2.24, 2.45) is 5.41 Å². The number of carbonyl (C=O) groups excluding carboxylic acids is 1. The van der Waals surface area contributed by atoms with Crippen LogP contribution in [-0.4, -0.2) is 28.8 Å². The van der Waals surface area contributed by atoms with E-state index >= 15 is 0 Å². The minimum atomic E-state index is -0.166. The summed E-state index contributed by atoms with van der Waals surface area (Å²) in [4.78, 5) is 19.8. The Hall–Kier alpha value is -1.61. The molecule has 1 aromatic heterocycles. The first kappa shape index (κ1) is 13.8. The van der Waals surface area contributed by atoms with Gasteiger partial charge in [0, 0.05) is 11.4 Å². The highest BCUT2D eigenvalue weighted by molar-refractivity contribution is 7.99. The molecule has 0 unspecified atom stereocenters. The molecule has 5 nitrogen and oxygen atoms in total. The maximum absolute atomic E-state index is 11.3. The molecule has 0 aromatic carbocycles. The topological polar surface area (TPSA) is 75.9 Å². The van der Waals surface area contributed by atoms with E-state index in [2.05, 4.69) is 9.97 Å². The number of aryl methyl sites for hydroxylation is 1. The lowest BCUT2D eigenvalue weighted by atomic mass is 10.1. The Bertz CT molecular complexity index is 535. The van der Waals surface area contributed by atoms with Gasteiger partial charge in [0.05, 0.1) is 13.5 Å². The summed E-state index contributed by atoms with van der Waals surface area (Å²) in [5.74, 6) is 0.622. The molecule has 1 aromatic rings. The Balaban J connectivity index is 1.98. The smallest absolute Gasteiger partial charge is 0.306 e. The number of hydrogen-bond acceptors (Lipinski definition) is 6. The van der Waals surface area contributed by atoms with E-state index in [1.54, 1.807) is 6.07 Å². The summed E-state index contributed by atoms with van der Waals surface area (Å²) in [6, 6.07) is 3.68. The molecular weight excluding hydrogens is 262 g/mol. The Morgan fingerprint density at radius 2 is 2.32 bits per heavy atom. The third-order valence-electron chi connectivity index (χ3n) is 3.16. The van der Waals surface area contributed by atoms with Crippen molar-refractivity contribution in [3.63, 3.8) is 0 Å². The monoisotopic (exact) mass is 277 g/mol. The fraction of sp³-hybridized carbons (Fsp3) is 0.538. The van der Waals surface area contributed by atoms with Gasteiger partial charge in [-0.1, -0.05) is 11.8 Å². The van der Waals surface area contributed by atoms with Crippen molar-refractivity contribution >= 4 is 17.7 Å². The van der Waals surface area contributed by atoms with Gasteiger partial charge in [-0.3, -0.25) is 4.79 Å². The maximum Gasteiger partial charge on any atom is 0.306 e. The summed E-state index contributed by atoms with van der Waals surface area (Å²) < 4.78 is 4.71. The number of nitrogens with zero attached hydrogens (tertiary/aromatic N) is 3. The predicted molar refractivity (Wildman–Crippen MR) is 70.5 cm³/mol. The van der Waals surface area contributed by atoms with Crippen LogP contribution in [0.25, 0.3) is 0 Å². The molecule has 6 heteroatoms. The van der Waals surface area contributed by atoms with Crippen molar-refractivity contribution in [1.29, 1.82) is 5.26 Å². The Labute approximate surface area is 116 Å². The molecule has 1 heterocycles. The second-order valence-electron chi connectivity index (χ2n) is 4.83. The first-order chi connectivity index (χ1) is 9.07. The molecule has 0 saturated heterocycles. The van der Waals surface area contributed by atoms with E-state index in [0.29, 0.717) is 17.3 Å². The molecule has 0 radical (unpaired) electrons. The van der Waals surface area contributed by atoms with Gasteiger partial charge in [-0.15, -0.1) is 0 Å². The van der Waals surface area contributed by atoms with Gasteiger partial charge < -0.3 is 4.74 Å². The number of esters is 1. The van der Waals surface area contributed by atoms with Crippen LogP contribution in [0.15, 0.2) is 11.2 Å². The zero-order valence-corrected chi connectivity index (χ0v) is 11.8. The van der Waals surface area contributed by atoms with Gasteiger partial charge in [-0.2, -0.15) is 5.26 Å². The molecule has 1 aliphatic rings. The highest BCUT2D eigenvalue weighted by Crippen LogP contribution is 2.51. The lowest BCUT2D eigenvalue weighted by Gasteiger charge is -2.12. The van der Waals surface area contributed by atoms with E-state index in [9.17, 15) is 4.79 Å². The van der Waals surface area contributed by atoms with Crippen LogP contribution in [0.2, 0.25) is 0 Å². The molecule has 0 bridgehead atoms. The van der Waals surface area contributed by atoms with Gasteiger partial charge in [0.25, 0.3) is 0 Å². The quantitative estimate of drug-likeness (QED) is 0.466. The zero-order valence-electron chi connectivity index (χ0n) is 11.0. The maximum atomic E-state index is 11.3. The number of aromatic nitrogens is 2. The molecule has 0 spiro atoms. The van der Waals surface area contributed by atoms with Crippen LogP contribution in [0.3, 0.4) is 0 Å². The highest BCUT2D eigenvalue weighted by atomic mass is 32.2. The van der Waals surface area contributed by atoms with Crippen molar-refractivity contribution in [2.75, 3.05) is 12.9 Å².